The van der Waals surface area contributed by atoms with Crippen LogP contribution in [0.15, 0.2) is 0 Å². The number of H-pyrrole nitrogens is 1. The Bertz CT molecular complexity index is 689. The fourth-order valence-corrected chi connectivity index (χ4v) is 6.04. The van der Waals surface area contributed by atoms with Crippen molar-refractivity contribution in [3.05, 3.63) is 5.82 Å². The van der Waals surface area contributed by atoms with E-state index in [4.69, 9.17) is 5.73 Å². The van der Waals surface area contributed by atoms with Crippen molar-refractivity contribution in [1.82, 2.24) is 30.8 Å². The van der Waals surface area contributed by atoms with Gasteiger partial charge in [-0.05, 0) is 32.6 Å². The quantitative estimate of drug-likeness (QED) is 0.643. The van der Waals surface area contributed by atoms with Gasteiger partial charge in [-0.15, -0.1) is 22.0 Å². The summed E-state index contributed by atoms with van der Waals surface area (Å²) in [6.45, 7) is 4.11. The van der Waals surface area contributed by atoms with Crippen LogP contribution in [-0.2, 0) is 9.59 Å². The first kappa shape index (κ1) is 17.7. The van der Waals surface area contributed by atoms with Gasteiger partial charge in [0.05, 0.1) is 6.04 Å². The van der Waals surface area contributed by atoms with Crippen LogP contribution in [0.4, 0.5) is 0 Å². The average molecular weight is 379 g/mol. The standard InChI is InChI=1S/C16H25N7O2S/c1-16(2)11(12-19-21-22-20-12)23-14(25)10(15(23)26-16)18-13(24)9(17)8-6-4-3-5-7-8/h8-11,15H,3-7,17H2,1-2H3,(H,18,24)(H,19,20,21,22)/t9-,10?,11?,15-/m1/s1. The van der Waals surface area contributed by atoms with E-state index in [2.05, 4.69) is 39.8 Å². The number of amides is 2. The van der Waals surface area contributed by atoms with Gasteiger partial charge in [0, 0.05) is 4.75 Å². The monoisotopic (exact) mass is 379 g/mol. The number of β-lactam (4-membered cyclic amide) rings is 1. The number of hydrogen-bond donors (Lipinski definition) is 3. The van der Waals surface area contributed by atoms with Gasteiger partial charge in [0.2, 0.25) is 11.8 Å². The van der Waals surface area contributed by atoms with Gasteiger partial charge in [0.15, 0.2) is 5.82 Å². The molecule has 2 unspecified atom stereocenters. The largest absolute Gasteiger partial charge is 0.340 e. The van der Waals surface area contributed by atoms with E-state index in [1.807, 2.05) is 0 Å². The minimum absolute atomic E-state index is 0.105. The molecule has 2 amide bonds. The van der Waals surface area contributed by atoms with Gasteiger partial charge < -0.3 is 16.0 Å². The summed E-state index contributed by atoms with van der Waals surface area (Å²) < 4.78 is -0.269. The lowest BCUT2D eigenvalue weighted by molar-refractivity contribution is -0.152. The van der Waals surface area contributed by atoms with Crippen molar-refractivity contribution in [3.8, 4) is 0 Å². The number of nitrogens with zero attached hydrogens (tertiary/aromatic N) is 4. The van der Waals surface area contributed by atoms with E-state index in [1.54, 1.807) is 16.7 Å². The van der Waals surface area contributed by atoms with Gasteiger partial charge in [-0.3, -0.25) is 9.59 Å². The fourth-order valence-electron chi connectivity index (χ4n) is 4.41. The predicted molar refractivity (Wildman–Crippen MR) is 95.7 cm³/mol. The molecule has 9 nitrogen and oxygen atoms in total. The third kappa shape index (κ3) is 2.79. The molecule has 0 spiro atoms. The molecule has 1 aromatic heterocycles. The summed E-state index contributed by atoms with van der Waals surface area (Å²) in [7, 11) is 0. The van der Waals surface area contributed by atoms with Crippen LogP contribution in [0, 0.1) is 5.92 Å². The van der Waals surface area contributed by atoms with E-state index in [9.17, 15) is 9.59 Å². The minimum atomic E-state index is -0.537. The Morgan fingerprint density at radius 2 is 2.12 bits per heavy atom. The number of tetrazole rings is 1. The number of carbonyl (C=O) groups excluding carboxylic acids is 2. The van der Waals surface area contributed by atoms with Gasteiger partial charge in [-0.2, -0.15) is 5.21 Å². The van der Waals surface area contributed by atoms with Crippen LogP contribution in [0.2, 0.25) is 0 Å². The zero-order chi connectivity index (χ0) is 18.5. The smallest absolute Gasteiger partial charge is 0.249 e. The maximum Gasteiger partial charge on any atom is 0.249 e. The molecule has 1 aromatic rings. The van der Waals surface area contributed by atoms with Gasteiger partial charge in [0.1, 0.15) is 17.5 Å². The molecule has 4 N–H and O–H groups in total. The summed E-state index contributed by atoms with van der Waals surface area (Å²) in [5.41, 5.74) is 6.18. The molecular weight excluding hydrogens is 354 g/mol. The Morgan fingerprint density at radius 3 is 2.77 bits per heavy atom. The third-order valence-corrected chi connectivity index (χ3v) is 7.38. The average Bonchev–Trinajstić information content (AvgIpc) is 3.23. The van der Waals surface area contributed by atoms with Crippen LogP contribution in [0.5, 0.6) is 0 Å². The molecule has 4 rings (SSSR count). The normalized spacial score (nSPS) is 32.0. The first-order valence-electron chi connectivity index (χ1n) is 9.19. The Morgan fingerprint density at radius 1 is 1.38 bits per heavy atom. The predicted octanol–water partition coefficient (Wildman–Crippen LogP) is 0.327. The number of nitrogens with two attached hydrogens (primary N) is 1. The lowest BCUT2D eigenvalue weighted by Gasteiger charge is -2.44. The summed E-state index contributed by atoms with van der Waals surface area (Å²) in [6, 6.07) is -1.33. The van der Waals surface area contributed by atoms with E-state index in [0.717, 1.165) is 25.7 Å². The number of carbonyl (C=O) groups is 2. The molecular formula is C16H25N7O2S. The molecule has 1 aliphatic carbocycles. The molecule has 4 atom stereocenters. The molecule has 0 bridgehead atoms. The molecule has 2 saturated heterocycles. The molecule has 142 valence electrons. The van der Waals surface area contributed by atoms with Crippen LogP contribution >= 0.6 is 11.8 Å². The molecule has 3 fully saturated rings. The Labute approximate surface area is 156 Å². The topological polar surface area (TPSA) is 130 Å². The van der Waals surface area contributed by atoms with Crippen molar-refractivity contribution < 1.29 is 9.59 Å². The summed E-state index contributed by atoms with van der Waals surface area (Å²) in [4.78, 5) is 27.1. The number of aromatic nitrogens is 4. The number of fused-ring (bicyclic) bond motifs is 1. The second kappa shape index (κ2) is 6.49. The molecule has 26 heavy (non-hydrogen) atoms. The summed E-state index contributed by atoms with van der Waals surface area (Å²) >= 11 is 1.65. The van der Waals surface area contributed by atoms with Crippen molar-refractivity contribution in [2.45, 2.75) is 74.2 Å². The highest BCUT2D eigenvalue weighted by Gasteiger charge is 2.63. The molecule has 10 heteroatoms. The first-order chi connectivity index (χ1) is 12.4. The van der Waals surface area contributed by atoms with Crippen molar-refractivity contribution in [2.75, 3.05) is 0 Å². The second-order valence-corrected chi connectivity index (χ2v) is 9.71. The molecule has 0 aromatic carbocycles. The summed E-state index contributed by atoms with van der Waals surface area (Å²) in [5, 5.41) is 17.0. The zero-order valence-corrected chi connectivity index (χ0v) is 15.8. The highest BCUT2D eigenvalue weighted by atomic mass is 32.2. The number of thioether (sulfide) groups is 1. The molecule has 3 heterocycles. The maximum atomic E-state index is 12.7. The first-order valence-corrected chi connectivity index (χ1v) is 10.1. The van der Waals surface area contributed by atoms with Crippen LogP contribution in [-0.4, -0.2) is 59.5 Å². The Hall–Kier alpha value is -1.68. The highest BCUT2D eigenvalue weighted by Crippen LogP contribution is 2.56. The molecule has 0 radical (unpaired) electrons. The van der Waals surface area contributed by atoms with E-state index in [1.165, 1.54) is 6.42 Å². The van der Waals surface area contributed by atoms with Crippen molar-refractivity contribution in [1.29, 1.82) is 0 Å². The van der Waals surface area contributed by atoms with Gasteiger partial charge in [-0.1, -0.05) is 24.5 Å². The maximum absolute atomic E-state index is 12.7. The highest BCUT2D eigenvalue weighted by molar-refractivity contribution is 8.01. The minimum Gasteiger partial charge on any atom is -0.340 e. The van der Waals surface area contributed by atoms with Crippen LogP contribution in [0.1, 0.15) is 57.8 Å². The molecule has 3 aliphatic rings. The van der Waals surface area contributed by atoms with Crippen LogP contribution in [0.3, 0.4) is 0 Å². The number of rotatable bonds is 4. The lowest BCUT2D eigenvalue weighted by atomic mass is 9.83. The van der Waals surface area contributed by atoms with Crippen molar-refractivity contribution in [2.24, 2.45) is 11.7 Å². The van der Waals surface area contributed by atoms with E-state index < -0.39 is 12.1 Å². The molecule has 2 aliphatic heterocycles. The fraction of sp³-hybridized carbons (Fsp3) is 0.812. The summed E-state index contributed by atoms with van der Waals surface area (Å²) in [5.74, 6) is 0.403. The van der Waals surface area contributed by atoms with Gasteiger partial charge in [-0.25, -0.2) is 0 Å². The van der Waals surface area contributed by atoms with Crippen molar-refractivity contribution in [3.63, 3.8) is 0 Å². The SMILES string of the molecule is CC1(C)S[C@@H]2C(NC(=O)[C@H](N)C3CCCCC3)C(=O)N2C1c1nn[nH]n1. The zero-order valence-electron chi connectivity index (χ0n) is 15.0. The second-order valence-electron chi connectivity index (χ2n) is 7.94. The molecule has 1 saturated carbocycles. The third-order valence-electron chi connectivity index (χ3n) is 5.81. The van der Waals surface area contributed by atoms with Crippen LogP contribution in [0.25, 0.3) is 0 Å². The lowest BCUT2D eigenvalue weighted by Crippen LogP contribution is -2.69. The Kier molecular flexibility index (Phi) is 4.42. The van der Waals surface area contributed by atoms with Gasteiger partial charge in [0.25, 0.3) is 0 Å². The number of hydrogen-bond acceptors (Lipinski definition) is 7. The van der Waals surface area contributed by atoms with Crippen molar-refractivity contribution >= 4 is 23.6 Å². The Balaban J connectivity index is 1.44. The van der Waals surface area contributed by atoms with E-state index in [-0.39, 0.29) is 33.9 Å². The van der Waals surface area contributed by atoms with E-state index >= 15 is 0 Å². The summed E-state index contributed by atoms with van der Waals surface area (Å²) in [6.07, 6.45) is 5.45. The van der Waals surface area contributed by atoms with Gasteiger partial charge >= 0.3 is 0 Å². The number of nitrogens with one attached hydrogen (secondary N) is 2. The number of aromatic amines is 1. The van der Waals surface area contributed by atoms with E-state index in [0.29, 0.717) is 5.82 Å². The van der Waals surface area contributed by atoms with Crippen LogP contribution < -0.4 is 11.1 Å².